The number of benzene rings is 1. The molecule has 1 aromatic heterocycles. The molecular weight excluding hydrogens is 429 g/mol. The third-order valence-electron chi connectivity index (χ3n) is 4.10. The molecule has 1 aliphatic heterocycles. The smallest absolute Gasteiger partial charge is 0.250 e. The highest BCUT2D eigenvalue weighted by Crippen LogP contribution is 2.25. The number of para-hydroxylation sites is 1. The molecule has 0 unspecified atom stereocenters. The molecule has 0 saturated carbocycles. The van der Waals surface area contributed by atoms with Gasteiger partial charge in [-0.1, -0.05) is 12.1 Å². The number of nitrogens with zero attached hydrogens (tertiary/aromatic N) is 2. The molecule has 1 aromatic carbocycles. The van der Waals surface area contributed by atoms with Crippen molar-refractivity contribution in [2.24, 2.45) is 0 Å². The maximum atomic E-state index is 13.8. The Balaban J connectivity index is 1.46. The largest absolute Gasteiger partial charge is 0.367 e. The Morgan fingerprint density at radius 1 is 1.12 bits per heavy atom. The molecule has 1 saturated heterocycles. The van der Waals surface area contributed by atoms with Crippen molar-refractivity contribution in [1.82, 2.24) is 9.62 Å². The maximum absolute atomic E-state index is 13.8. The molecule has 5 nitrogen and oxygen atoms in total. The Morgan fingerprint density at radius 3 is 2.48 bits per heavy atom. The van der Waals surface area contributed by atoms with E-state index < -0.39 is 10.0 Å². The van der Waals surface area contributed by atoms with Crippen LogP contribution in [0.25, 0.3) is 0 Å². The maximum Gasteiger partial charge on any atom is 0.250 e. The van der Waals surface area contributed by atoms with Crippen LogP contribution in [-0.2, 0) is 10.0 Å². The fourth-order valence-electron chi connectivity index (χ4n) is 2.77. The molecule has 0 spiro atoms. The number of hydrogen-bond acceptors (Lipinski definition) is 5. The fraction of sp³-hybridized carbons (Fsp3) is 0.375. The van der Waals surface area contributed by atoms with Crippen molar-refractivity contribution in [1.29, 1.82) is 0 Å². The topological polar surface area (TPSA) is 52.7 Å². The second-order valence-corrected chi connectivity index (χ2v) is 10.2. The summed E-state index contributed by atoms with van der Waals surface area (Å²) < 4.78 is 41.9. The van der Waals surface area contributed by atoms with Gasteiger partial charge in [-0.05, 0) is 40.2 Å². The van der Waals surface area contributed by atoms with E-state index in [0.29, 0.717) is 23.0 Å². The Morgan fingerprint density at radius 2 is 1.84 bits per heavy atom. The predicted molar refractivity (Wildman–Crippen MR) is 102 cm³/mol. The molecule has 2 heterocycles. The van der Waals surface area contributed by atoms with Crippen LogP contribution in [0.15, 0.2) is 44.4 Å². The van der Waals surface area contributed by atoms with Crippen LogP contribution < -0.4 is 9.62 Å². The minimum atomic E-state index is -3.45. The summed E-state index contributed by atoms with van der Waals surface area (Å²) in [5.41, 5.74) is 0.631. The van der Waals surface area contributed by atoms with E-state index in [1.807, 2.05) is 11.0 Å². The number of nitrogens with one attached hydrogen (secondary N) is 1. The van der Waals surface area contributed by atoms with E-state index in [2.05, 4.69) is 25.6 Å². The average Bonchev–Trinajstić information content (AvgIpc) is 3.03. The lowest BCUT2D eigenvalue weighted by atomic mass is 10.2. The number of hydrogen-bond donors (Lipinski definition) is 1. The summed E-state index contributed by atoms with van der Waals surface area (Å²) in [6.07, 6.45) is 0. The lowest BCUT2D eigenvalue weighted by Crippen LogP contribution is -2.48. The van der Waals surface area contributed by atoms with Gasteiger partial charge in [0.25, 0.3) is 0 Å². The van der Waals surface area contributed by atoms with E-state index in [9.17, 15) is 12.8 Å². The van der Waals surface area contributed by atoms with E-state index in [4.69, 9.17) is 0 Å². The lowest BCUT2D eigenvalue weighted by Gasteiger charge is -2.36. The SMILES string of the molecule is O=S(=O)(NCCN1CCN(c2ccccc2F)CC1)c1ccc(Br)s1. The molecule has 2 aromatic rings. The highest BCUT2D eigenvalue weighted by Gasteiger charge is 2.20. The first-order valence-electron chi connectivity index (χ1n) is 7.92. The zero-order valence-corrected chi connectivity index (χ0v) is 16.7. The summed E-state index contributed by atoms with van der Waals surface area (Å²) in [6.45, 7) is 4.01. The molecule has 0 aliphatic carbocycles. The Bertz CT molecular complexity index is 820. The molecule has 0 atom stereocenters. The van der Waals surface area contributed by atoms with Gasteiger partial charge in [-0.3, -0.25) is 4.90 Å². The number of rotatable bonds is 6. The van der Waals surface area contributed by atoms with Crippen LogP contribution >= 0.6 is 27.3 Å². The summed E-state index contributed by atoms with van der Waals surface area (Å²) in [6, 6.07) is 10.1. The Hall–Kier alpha value is -1.000. The monoisotopic (exact) mass is 447 g/mol. The van der Waals surface area contributed by atoms with Crippen LogP contribution in [0.2, 0.25) is 0 Å². The number of thiophene rings is 1. The van der Waals surface area contributed by atoms with Gasteiger partial charge in [-0.15, -0.1) is 11.3 Å². The van der Waals surface area contributed by atoms with Crippen molar-refractivity contribution < 1.29 is 12.8 Å². The quantitative estimate of drug-likeness (QED) is 0.739. The molecular formula is C16H19BrFN3O2S2. The highest BCUT2D eigenvalue weighted by atomic mass is 79.9. The first-order chi connectivity index (χ1) is 12.0. The number of anilines is 1. The zero-order valence-electron chi connectivity index (χ0n) is 13.5. The fourth-order valence-corrected chi connectivity index (χ4v) is 5.85. The van der Waals surface area contributed by atoms with E-state index in [1.165, 1.54) is 17.4 Å². The third kappa shape index (κ3) is 4.79. The van der Waals surface area contributed by atoms with Crippen molar-refractivity contribution in [3.63, 3.8) is 0 Å². The number of piperazine rings is 1. The minimum absolute atomic E-state index is 0.203. The van der Waals surface area contributed by atoms with Gasteiger partial charge < -0.3 is 4.90 Å². The van der Waals surface area contributed by atoms with E-state index in [0.717, 1.165) is 30.0 Å². The van der Waals surface area contributed by atoms with Crippen LogP contribution in [0, 0.1) is 5.82 Å². The van der Waals surface area contributed by atoms with Crippen LogP contribution in [0.5, 0.6) is 0 Å². The third-order valence-corrected chi connectivity index (χ3v) is 7.68. The van der Waals surface area contributed by atoms with E-state index in [-0.39, 0.29) is 5.82 Å². The average molecular weight is 448 g/mol. The van der Waals surface area contributed by atoms with Crippen LogP contribution in [-0.4, -0.2) is 52.6 Å². The van der Waals surface area contributed by atoms with Gasteiger partial charge in [0.1, 0.15) is 10.0 Å². The summed E-state index contributed by atoms with van der Waals surface area (Å²) in [5, 5.41) is 0. The van der Waals surface area contributed by atoms with Gasteiger partial charge >= 0.3 is 0 Å². The summed E-state index contributed by atoms with van der Waals surface area (Å²) in [4.78, 5) is 4.21. The van der Waals surface area contributed by atoms with Crippen LogP contribution in [0.1, 0.15) is 0 Å². The van der Waals surface area contributed by atoms with E-state index >= 15 is 0 Å². The summed E-state index contributed by atoms with van der Waals surface area (Å²) in [5.74, 6) is -0.203. The molecule has 3 rings (SSSR count). The number of halogens is 2. The van der Waals surface area contributed by atoms with Gasteiger partial charge in [0.2, 0.25) is 10.0 Å². The van der Waals surface area contributed by atoms with Gasteiger partial charge in [-0.25, -0.2) is 17.5 Å². The second-order valence-electron chi connectivity index (χ2n) is 5.74. The molecule has 1 fully saturated rings. The molecule has 1 aliphatic rings. The summed E-state index contributed by atoms with van der Waals surface area (Å²) >= 11 is 4.46. The predicted octanol–water partition coefficient (Wildman–Crippen LogP) is 2.75. The summed E-state index contributed by atoms with van der Waals surface area (Å²) in [7, 11) is -3.45. The lowest BCUT2D eigenvalue weighted by molar-refractivity contribution is 0.261. The molecule has 0 bridgehead atoms. The highest BCUT2D eigenvalue weighted by molar-refractivity contribution is 9.11. The van der Waals surface area contributed by atoms with Gasteiger partial charge in [0.15, 0.2) is 0 Å². The molecule has 25 heavy (non-hydrogen) atoms. The second kappa shape index (κ2) is 8.13. The Labute approximate surface area is 159 Å². The van der Waals surface area contributed by atoms with Crippen molar-refractivity contribution in [3.8, 4) is 0 Å². The standard InChI is InChI=1S/C16H19BrFN3O2S2/c17-15-5-6-16(24-15)25(22,23)19-7-8-20-9-11-21(12-10-20)14-4-2-1-3-13(14)18/h1-6,19H,7-12H2. The van der Waals surface area contributed by atoms with Crippen molar-refractivity contribution in [2.45, 2.75) is 4.21 Å². The van der Waals surface area contributed by atoms with Crippen molar-refractivity contribution in [3.05, 3.63) is 46.0 Å². The number of sulfonamides is 1. The van der Waals surface area contributed by atoms with Crippen molar-refractivity contribution in [2.75, 3.05) is 44.2 Å². The molecule has 9 heteroatoms. The first kappa shape index (κ1) is 18.8. The van der Waals surface area contributed by atoms with E-state index in [1.54, 1.807) is 24.3 Å². The molecule has 1 N–H and O–H groups in total. The molecule has 0 amide bonds. The van der Waals surface area contributed by atoms with Gasteiger partial charge in [-0.2, -0.15) is 0 Å². The van der Waals surface area contributed by atoms with Gasteiger partial charge in [0, 0.05) is 39.3 Å². The zero-order chi connectivity index (χ0) is 17.9. The minimum Gasteiger partial charge on any atom is -0.367 e. The van der Waals surface area contributed by atoms with Crippen LogP contribution in [0.3, 0.4) is 0 Å². The normalized spacial score (nSPS) is 16.3. The van der Waals surface area contributed by atoms with Crippen molar-refractivity contribution >= 4 is 43.0 Å². The van der Waals surface area contributed by atoms with Crippen LogP contribution in [0.4, 0.5) is 10.1 Å². The first-order valence-corrected chi connectivity index (χ1v) is 11.0. The molecule has 0 radical (unpaired) electrons. The Kier molecular flexibility index (Phi) is 6.11. The molecule has 136 valence electrons. The van der Waals surface area contributed by atoms with Gasteiger partial charge in [0.05, 0.1) is 9.47 Å².